The fourth-order valence-electron chi connectivity index (χ4n) is 2.53. The molecule has 2 N–H and O–H groups in total. The second-order valence-corrected chi connectivity index (χ2v) is 8.16. The Morgan fingerprint density at radius 1 is 1.15 bits per heavy atom. The van der Waals surface area contributed by atoms with Gasteiger partial charge in [-0.15, -0.1) is 0 Å². The molecule has 0 bridgehead atoms. The van der Waals surface area contributed by atoms with Gasteiger partial charge in [-0.1, -0.05) is 12.1 Å². The molecule has 1 amide bonds. The van der Waals surface area contributed by atoms with Crippen LogP contribution in [0.5, 0.6) is 0 Å². The van der Waals surface area contributed by atoms with E-state index in [1.54, 1.807) is 6.07 Å². The van der Waals surface area contributed by atoms with Crippen LogP contribution < -0.4 is 10.6 Å². The maximum atomic E-state index is 12.4. The Morgan fingerprint density at radius 3 is 2.50 bits per heavy atom. The predicted octanol–water partition coefficient (Wildman–Crippen LogP) is 1.54. The van der Waals surface area contributed by atoms with Crippen LogP contribution in [0, 0.1) is 0 Å². The molecule has 1 aliphatic heterocycles. The van der Waals surface area contributed by atoms with Gasteiger partial charge < -0.3 is 10.6 Å². The van der Waals surface area contributed by atoms with Crippen LogP contribution >= 0.6 is 0 Å². The van der Waals surface area contributed by atoms with Gasteiger partial charge in [-0.2, -0.15) is 0 Å². The Hall–Kier alpha value is -2.71. The van der Waals surface area contributed by atoms with Crippen LogP contribution in [0.3, 0.4) is 0 Å². The molecular weight excluding hydrogens is 352 g/mol. The van der Waals surface area contributed by atoms with Gasteiger partial charge in [0.15, 0.2) is 0 Å². The quantitative estimate of drug-likeness (QED) is 0.833. The van der Waals surface area contributed by atoms with Crippen LogP contribution in [-0.4, -0.2) is 51.7 Å². The molecule has 0 atom stereocenters. The number of carbonyl (C=O) groups excluding carboxylic acids is 1. The minimum atomic E-state index is -3.51. The zero-order valence-electron chi connectivity index (χ0n) is 14.6. The first-order valence-corrected chi connectivity index (χ1v) is 9.54. The highest BCUT2D eigenvalue weighted by Gasteiger charge is 2.17. The van der Waals surface area contributed by atoms with Gasteiger partial charge in [-0.05, 0) is 36.4 Å². The SMILES string of the molecule is CN(C)S(=O)(=O)c1ccc(C(=O)Nc2cccc(C3=NCCN3)c2)cc1. The fourth-order valence-corrected chi connectivity index (χ4v) is 3.43. The summed E-state index contributed by atoms with van der Waals surface area (Å²) in [5.41, 5.74) is 1.94. The van der Waals surface area contributed by atoms with Crippen molar-refractivity contribution in [2.24, 2.45) is 4.99 Å². The van der Waals surface area contributed by atoms with E-state index in [0.29, 0.717) is 11.3 Å². The molecule has 0 aliphatic carbocycles. The van der Waals surface area contributed by atoms with Gasteiger partial charge in [-0.3, -0.25) is 9.79 Å². The number of carbonyl (C=O) groups is 1. The Bertz CT molecular complexity index is 951. The van der Waals surface area contributed by atoms with E-state index >= 15 is 0 Å². The maximum absolute atomic E-state index is 12.4. The molecule has 1 heterocycles. The summed E-state index contributed by atoms with van der Waals surface area (Å²) in [5, 5.41) is 6.01. The summed E-state index contributed by atoms with van der Waals surface area (Å²) < 4.78 is 25.3. The first kappa shape index (κ1) is 18.1. The van der Waals surface area contributed by atoms with Crippen molar-refractivity contribution in [1.29, 1.82) is 0 Å². The van der Waals surface area contributed by atoms with E-state index in [4.69, 9.17) is 0 Å². The Morgan fingerprint density at radius 2 is 1.88 bits per heavy atom. The summed E-state index contributed by atoms with van der Waals surface area (Å²) in [6.45, 7) is 1.56. The number of sulfonamides is 1. The number of rotatable bonds is 5. The van der Waals surface area contributed by atoms with Crippen molar-refractivity contribution >= 4 is 27.5 Å². The highest BCUT2D eigenvalue weighted by Crippen LogP contribution is 2.16. The monoisotopic (exact) mass is 372 g/mol. The summed E-state index contributed by atoms with van der Waals surface area (Å²) in [6, 6.07) is 13.3. The lowest BCUT2D eigenvalue weighted by Gasteiger charge is -2.12. The molecule has 0 aromatic heterocycles. The fraction of sp³-hybridized carbons (Fsp3) is 0.222. The first-order chi connectivity index (χ1) is 12.4. The van der Waals surface area contributed by atoms with Gasteiger partial charge >= 0.3 is 0 Å². The molecule has 0 radical (unpaired) electrons. The van der Waals surface area contributed by atoms with E-state index in [2.05, 4.69) is 15.6 Å². The summed E-state index contributed by atoms with van der Waals surface area (Å²) in [5.74, 6) is 0.511. The van der Waals surface area contributed by atoms with Gasteiger partial charge in [0.05, 0.1) is 11.4 Å². The van der Waals surface area contributed by atoms with Gasteiger partial charge in [0.2, 0.25) is 10.0 Å². The van der Waals surface area contributed by atoms with E-state index in [0.717, 1.165) is 28.8 Å². The third-order valence-corrected chi connectivity index (χ3v) is 5.79. The molecule has 3 rings (SSSR count). The molecule has 7 nitrogen and oxygen atoms in total. The number of amides is 1. The molecule has 8 heteroatoms. The smallest absolute Gasteiger partial charge is 0.255 e. The number of amidine groups is 1. The minimum absolute atomic E-state index is 0.145. The number of hydrogen-bond donors (Lipinski definition) is 2. The number of hydrogen-bond acceptors (Lipinski definition) is 5. The van der Waals surface area contributed by atoms with Crippen molar-refractivity contribution < 1.29 is 13.2 Å². The van der Waals surface area contributed by atoms with Crippen molar-refractivity contribution in [3.05, 3.63) is 59.7 Å². The zero-order valence-corrected chi connectivity index (χ0v) is 15.4. The van der Waals surface area contributed by atoms with Crippen molar-refractivity contribution in [3.8, 4) is 0 Å². The van der Waals surface area contributed by atoms with Gasteiger partial charge in [-0.25, -0.2) is 12.7 Å². The third-order valence-electron chi connectivity index (χ3n) is 3.96. The van der Waals surface area contributed by atoms with Crippen LogP contribution in [-0.2, 0) is 10.0 Å². The molecule has 136 valence electrons. The van der Waals surface area contributed by atoms with E-state index < -0.39 is 10.0 Å². The maximum Gasteiger partial charge on any atom is 0.255 e. The molecule has 0 fully saturated rings. The number of nitrogens with zero attached hydrogens (tertiary/aromatic N) is 2. The minimum Gasteiger partial charge on any atom is -0.368 e. The highest BCUT2D eigenvalue weighted by atomic mass is 32.2. The molecular formula is C18H20N4O3S. The molecule has 0 saturated heterocycles. The molecule has 1 aliphatic rings. The average molecular weight is 372 g/mol. The van der Waals surface area contributed by atoms with E-state index in [9.17, 15) is 13.2 Å². The topological polar surface area (TPSA) is 90.9 Å². The molecule has 0 unspecified atom stereocenters. The summed E-state index contributed by atoms with van der Waals surface area (Å²) in [7, 11) is -0.582. The lowest BCUT2D eigenvalue weighted by Crippen LogP contribution is -2.22. The lowest BCUT2D eigenvalue weighted by molar-refractivity contribution is 0.102. The third kappa shape index (κ3) is 3.76. The van der Waals surface area contributed by atoms with Gasteiger partial charge in [0, 0.05) is 37.5 Å². The van der Waals surface area contributed by atoms with Crippen LogP contribution in [0.1, 0.15) is 15.9 Å². The lowest BCUT2D eigenvalue weighted by atomic mass is 10.1. The average Bonchev–Trinajstić information content (AvgIpc) is 3.16. The molecule has 0 saturated carbocycles. The van der Waals surface area contributed by atoms with Crippen molar-refractivity contribution in [1.82, 2.24) is 9.62 Å². The summed E-state index contributed by atoms with van der Waals surface area (Å²) >= 11 is 0. The first-order valence-electron chi connectivity index (χ1n) is 8.10. The van der Waals surface area contributed by atoms with E-state index in [1.807, 2.05) is 18.2 Å². The van der Waals surface area contributed by atoms with Crippen molar-refractivity contribution in [2.75, 3.05) is 32.5 Å². The number of aliphatic imine (C=N–C) groups is 1. The van der Waals surface area contributed by atoms with Crippen LogP contribution in [0.2, 0.25) is 0 Å². The highest BCUT2D eigenvalue weighted by molar-refractivity contribution is 7.89. The predicted molar refractivity (Wildman–Crippen MR) is 101 cm³/mol. The largest absolute Gasteiger partial charge is 0.368 e. The van der Waals surface area contributed by atoms with Gasteiger partial charge in [0.25, 0.3) is 5.91 Å². The molecule has 2 aromatic rings. The number of anilines is 1. The van der Waals surface area contributed by atoms with Crippen LogP contribution in [0.25, 0.3) is 0 Å². The van der Waals surface area contributed by atoms with E-state index in [1.165, 1.54) is 38.4 Å². The van der Waals surface area contributed by atoms with Crippen LogP contribution in [0.4, 0.5) is 5.69 Å². The molecule has 0 spiro atoms. The Labute approximate surface area is 152 Å². The Balaban J connectivity index is 1.75. The molecule has 2 aromatic carbocycles. The number of benzene rings is 2. The second kappa shape index (κ2) is 7.27. The second-order valence-electron chi connectivity index (χ2n) is 6.00. The molecule has 26 heavy (non-hydrogen) atoms. The summed E-state index contributed by atoms with van der Waals surface area (Å²) in [4.78, 5) is 16.9. The van der Waals surface area contributed by atoms with Crippen LogP contribution in [0.15, 0.2) is 58.4 Å². The van der Waals surface area contributed by atoms with Crippen molar-refractivity contribution in [3.63, 3.8) is 0 Å². The normalized spacial score (nSPS) is 14.0. The summed E-state index contributed by atoms with van der Waals surface area (Å²) in [6.07, 6.45) is 0. The number of nitrogens with one attached hydrogen (secondary N) is 2. The standard InChI is InChI=1S/C18H20N4O3S/c1-22(2)26(24,25)16-8-6-13(7-9-16)18(23)21-15-5-3-4-14(12-15)17-19-10-11-20-17/h3-9,12H,10-11H2,1-2H3,(H,19,20)(H,21,23). The van der Waals surface area contributed by atoms with Gasteiger partial charge in [0.1, 0.15) is 5.84 Å². The zero-order chi connectivity index (χ0) is 18.7. The Kier molecular flexibility index (Phi) is 5.06. The van der Waals surface area contributed by atoms with Crippen molar-refractivity contribution in [2.45, 2.75) is 4.90 Å². The van der Waals surface area contributed by atoms with E-state index in [-0.39, 0.29) is 10.8 Å².